The molecule has 0 aliphatic carbocycles. The topological polar surface area (TPSA) is 23.8 Å². The van der Waals surface area contributed by atoms with Crippen LogP contribution in [0.2, 0.25) is 0 Å². The molecular weight excluding hydrogens is 218 g/mol. The van der Waals surface area contributed by atoms with Crippen molar-refractivity contribution < 1.29 is 0 Å². The maximum atomic E-state index is 8.91. The predicted molar refractivity (Wildman–Crippen MR) is 73.9 cm³/mol. The highest BCUT2D eigenvalue weighted by Crippen LogP contribution is 2.22. The van der Waals surface area contributed by atoms with Crippen LogP contribution in [0.15, 0.2) is 42.5 Å². The first-order valence-electron chi connectivity index (χ1n) is 5.78. The van der Waals surface area contributed by atoms with Crippen LogP contribution >= 0.6 is 0 Å². The van der Waals surface area contributed by atoms with Gasteiger partial charge in [0.15, 0.2) is 0 Å². The Balaban J connectivity index is 2.39. The van der Waals surface area contributed by atoms with Crippen molar-refractivity contribution in [1.82, 2.24) is 0 Å². The minimum atomic E-state index is 0.729. The zero-order valence-corrected chi connectivity index (χ0v) is 10.5. The summed E-state index contributed by atoms with van der Waals surface area (Å²) in [5.74, 6) is 5.90. The van der Waals surface area contributed by atoms with Crippen LogP contribution in [0.1, 0.15) is 23.6 Å². The molecule has 2 aromatic rings. The first kappa shape index (κ1) is 12.0. The van der Waals surface area contributed by atoms with E-state index in [1.54, 1.807) is 0 Å². The van der Waals surface area contributed by atoms with Gasteiger partial charge >= 0.3 is 0 Å². The number of aryl methyl sites for hydroxylation is 1. The summed E-state index contributed by atoms with van der Waals surface area (Å²) in [6.07, 6.45) is 0. The molecule has 18 heavy (non-hydrogen) atoms. The van der Waals surface area contributed by atoms with Gasteiger partial charge in [-0.2, -0.15) is 5.26 Å². The van der Waals surface area contributed by atoms with E-state index in [4.69, 9.17) is 5.26 Å². The molecule has 0 unspecified atom stereocenters. The summed E-state index contributed by atoms with van der Waals surface area (Å²) in [5, 5.41) is 8.91. The second kappa shape index (κ2) is 5.21. The molecule has 0 aliphatic rings. The molecule has 0 fully saturated rings. The molecule has 0 aromatic heterocycles. The van der Waals surface area contributed by atoms with E-state index in [1.807, 2.05) is 44.2 Å². The van der Waals surface area contributed by atoms with Crippen molar-refractivity contribution in [3.63, 3.8) is 0 Å². The summed E-state index contributed by atoms with van der Waals surface area (Å²) in [6, 6.07) is 16.2. The van der Waals surface area contributed by atoms with Crippen molar-refractivity contribution >= 4 is 0 Å². The van der Waals surface area contributed by atoms with Gasteiger partial charge in [-0.1, -0.05) is 30.2 Å². The largest absolute Gasteiger partial charge is 0.192 e. The van der Waals surface area contributed by atoms with Crippen LogP contribution in [0.25, 0.3) is 11.1 Å². The lowest BCUT2D eigenvalue weighted by molar-refractivity contribution is 1.39. The third kappa shape index (κ3) is 2.42. The van der Waals surface area contributed by atoms with Crippen LogP contribution in [0.4, 0.5) is 0 Å². The van der Waals surface area contributed by atoms with Crippen molar-refractivity contribution in [3.8, 4) is 29.0 Å². The van der Waals surface area contributed by atoms with Gasteiger partial charge in [0.25, 0.3) is 0 Å². The Morgan fingerprint density at radius 3 is 2.17 bits per heavy atom. The molecule has 86 valence electrons. The van der Waals surface area contributed by atoms with Gasteiger partial charge in [0, 0.05) is 5.56 Å². The Bertz CT molecular complexity index is 661. The SMILES string of the molecule is CC#Cc1ccc(-c2ccc(C#N)c(C)c2)cc1. The molecule has 1 heteroatoms. The number of hydrogen-bond donors (Lipinski definition) is 0. The monoisotopic (exact) mass is 231 g/mol. The summed E-state index contributed by atoms with van der Waals surface area (Å²) in [4.78, 5) is 0. The highest BCUT2D eigenvalue weighted by Gasteiger charge is 2.01. The molecule has 0 aliphatic heterocycles. The van der Waals surface area contributed by atoms with Gasteiger partial charge in [0.05, 0.1) is 11.6 Å². The lowest BCUT2D eigenvalue weighted by atomic mass is 9.99. The molecule has 0 atom stereocenters. The molecule has 2 aromatic carbocycles. The van der Waals surface area contributed by atoms with Crippen LogP contribution in [0.5, 0.6) is 0 Å². The highest BCUT2D eigenvalue weighted by molar-refractivity contribution is 5.66. The minimum Gasteiger partial charge on any atom is -0.192 e. The molecule has 0 bridgehead atoms. The molecule has 0 heterocycles. The fourth-order valence-corrected chi connectivity index (χ4v) is 1.86. The number of hydrogen-bond acceptors (Lipinski definition) is 1. The van der Waals surface area contributed by atoms with Gasteiger partial charge in [-0.25, -0.2) is 0 Å². The lowest BCUT2D eigenvalue weighted by Crippen LogP contribution is -1.85. The van der Waals surface area contributed by atoms with E-state index < -0.39 is 0 Å². The second-order valence-corrected chi connectivity index (χ2v) is 4.09. The highest BCUT2D eigenvalue weighted by atomic mass is 14.2. The molecule has 1 nitrogen and oxygen atoms in total. The van der Waals surface area contributed by atoms with Crippen molar-refractivity contribution in [2.45, 2.75) is 13.8 Å². The second-order valence-electron chi connectivity index (χ2n) is 4.09. The molecule has 0 N–H and O–H groups in total. The first-order valence-corrected chi connectivity index (χ1v) is 5.78. The van der Waals surface area contributed by atoms with Crippen LogP contribution in [0.3, 0.4) is 0 Å². The zero-order valence-electron chi connectivity index (χ0n) is 10.5. The van der Waals surface area contributed by atoms with Gasteiger partial charge in [-0.05, 0) is 48.7 Å². The van der Waals surface area contributed by atoms with Crippen molar-refractivity contribution in [2.75, 3.05) is 0 Å². The predicted octanol–water partition coefficient (Wildman–Crippen LogP) is 3.91. The van der Waals surface area contributed by atoms with E-state index in [0.717, 1.165) is 27.8 Å². The van der Waals surface area contributed by atoms with E-state index in [2.05, 4.69) is 30.0 Å². The van der Waals surface area contributed by atoms with Crippen LogP contribution in [-0.4, -0.2) is 0 Å². The molecular formula is C17H13N. The Hall–Kier alpha value is -2.51. The Labute approximate surface area is 108 Å². The van der Waals surface area contributed by atoms with Gasteiger partial charge in [-0.3, -0.25) is 0 Å². The van der Waals surface area contributed by atoms with Gasteiger partial charge in [0.1, 0.15) is 0 Å². The summed E-state index contributed by atoms with van der Waals surface area (Å²) in [5.41, 5.74) is 5.03. The van der Waals surface area contributed by atoms with Crippen LogP contribution < -0.4 is 0 Å². The van der Waals surface area contributed by atoms with E-state index in [1.165, 1.54) is 0 Å². The Morgan fingerprint density at radius 2 is 1.61 bits per heavy atom. The fourth-order valence-electron chi connectivity index (χ4n) is 1.86. The summed E-state index contributed by atoms with van der Waals surface area (Å²) < 4.78 is 0. The van der Waals surface area contributed by atoms with Gasteiger partial charge in [-0.15, -0.1) is 5.92 Å². The van der Waals surface area contributed by atoms with Gasteiger partial charge < -0.3 is 0 Å². The maximum absolute atomic E-state index is 8.91. The van der Waals surface area contributed by atoms with E-state index in [-0.39, 0.29) is 0 Å². The van der Waals surface area contributed by atoms with E-state index in [0.29, 0.717) is 0 Å². The van der Waals surface area contributed by atoms with Gasteiger partial charge in [0.2, 0.25) is 0 Å². The average molecular weight is 231 g/mol. The molecule has 0 amide bonds. The summed E-state index contributed by atoms with van der Waals surface area (Å²) >= 11 is 0. The van der Waals surface area contributed by atoms with Crippen molar-refractivity contribution in [1.29, 1.82) is 5.26 Å². The van der Waals surface area contributed by atoms with Crippen LogP contribution in [0, 0.1) is 30.1 Å². The third-order valence-electron chi connectivity index (χ3n) is 2.83. The zero-order chi connectivity index (χ0) is 13.0. The number of rotatable bonds is 1. The third-order valence-corrected chi connectivity index (χ3v) is 2.83. The fraction of sp³-hybridized carbons (Fsp3) is 0.118. The summed E-state index contributed by atoms with van der Waals surface area (Å²) in [6.45, 7) is 3.79. The molecule has 0 radical (unpaired) electrons. The van der Waals surface area contributed by atoms with Crippen molar-refractivity contribution in [2.24, 2.45) is 0 Å². The molecule has 0 saturated heterocycles. The average Bonchev–Trinajstić information content (AvgIpc) is 2.40. The Kier molecular flexibility index (Phi) is 3.46. The molecule has 0 spiro atoms. The minimum absolute atomic E-state index is 0.729. The number of nitriles is 1. The molecule has 0 saturated carbocycles. The standard InChI is InChI=1S/C17H13N/c1-3-4-14-5-7-15(8-6-14)16-9-10-17(12-18)13(2)11-16/h5-11H,1-2H3. The Morgan fingerprint density at radius 1 is 0.944 bits per heavy atom. The maximum Gasteiger partial charge on any atom is 0.0994 e. The normalized spacial score (nSPS) is 9.17. The van der Waals surface area contributed by atoms with Crippen molar-refractivity contribution in [3.05, 3.63) is 59.2 Å². The number of benzene rings is 2. The number of nitrogens with zero attached hydrogens (tertiary/aromatic N) is 1. The lowest BCUT2D eigenvalue weighted by Gasteiger charge is -2.04. The first-order chi connectivity index (χ1) is 8.74. The summed E-state index contributed by atoms with van der Waals surface area (Å²) in [7, 11) is 0. The quantitative estimate of drug-likeness (QED) is 0.683. The van der Waals surface area contributed by atoms with E-state index >= 15 is 0 Å². The van der Waals surface area contributed by atoms with E-state index in [9.17, 15) is 0 Å². The van der Waals surface area contributed by atoms with Crippen LogP contribution in [-0.2, 0) is 0 Å². The molecule has 2 rings (SSSR count). The smallest absolute Gasteiger partial charge is 0.0994 e.